The maximum atomic E-state index is 6.79. The fraction of sp³-hybridized carbons (Fsp3) is 0. The van der Waals surface area contributed by atoms with Gasteiger partial charge in [0.15, 0.2) is 5.58 Å². The lowest BCUT2D eigenvalue weighted by Crippen LogP contribution is -2.10. The zero-order valence-electron chi connectivity index (χ0n) is 28.4. The molecule has 0 saturated carbocycles. The van der Waals surface area contributed by atoms with Crippen molar-refractivity contribution < 1.29 is 4.42 Å². The number of nitrogens with zero attached hydrogens (tertiary/aromatic N) is 1. The largest absolute Gasteiger partial charge is 0.454 e. The molecule has 0 amide bonds. The van der Waals surface area contributed by atoms with Gasteiger partial charge in [-0.2, -0.15) is 0 Å². The second-order valence-electron chi connectivity index (χ2n) is 13.3. The van der Waals surface area contributed by atoms with Crippen molar-refractivity contribution in [1.82, 2.24) is 0 Å². The van der Waals surface area contributed by atoms with E-state index in [0.29, 0.717) is 0 Å². The Morgan fingerprint density at radius 1 is 0.346 bits per heavy atom. The van der Waals surface area contributed by atoms with E-state index in [1.54, 1.807) is 0 Å². The van der Waals surface area contributed by atoms with Crippen molar-refractivity contribution in [2.24, 2.45) is 0 Å². The van der Waals surface area contributed by atoms with E-state index in [1.807, 2.05) is 0 Å². The van der Waals surface area contributed by atoms with Crippen molar-refractivity contribution in [3.05, 3.63) is 200 Å². The second kappa shape index (κ2) is 12.5. The van der Waals surface area contributed by atoms with E-state index in [9.17, 15) is 0 Å². The van der Waals surface area contributed by atoms with Crippen molar-refractivity contribution in [3.63, 3.8) is 0 Å². The van der Waals surface area contributed by atoms with Crippen LogP contribution in [-0.4, -0.2) is 0 Å². The molecular weight excluding hydrogens is 631 g/mol. The van der Waals surface area contributed by atoms with Gasteiger partial charge in [0.1, 0.15) is 5.58 Å². The van der Waals surface area contributed by atoms with E-state index in [-0.39, 0.29) is 0 Å². The Kier molecular flexibility index (Phi) is 7.18. The van der Waals surface area contributed by atoms with Crippen LogP contribution < -0.4 is 4.90 Å². The first-order valence-electron chi connectivity index (χ1n) is 17.8. The Morgan fingerprint density at radius 2 is 0.942 bits per heavy atom. The first-order chi connectivity index (χ1) is 25.8. The van der Waals surface area contributed by atoms with Crippen molar-refractivity contribution in [2.75, 3.05) is 4.90 Å². The SMILES string of the molecule is c1ccc(-c2cccc(N(c3ccc(-c4cccc5cccc(-c6ccccc6)c45)cc3)c3cccc4c3oc3ccc5ccccc5c34)c2)cc1. The summed E-state index contributed by atoms with van der Waals surface area (Å²) in [5, 5.41) is 7.14. The van der Waals surface area contributed by atoms with Crippen LogP contribution in [0.3, 0.4) is 0 Å². The lowest BCUT2D eigenvalue weighted by molar-refractivity contribution is 0.669. The minimum absolute atomic E-state index is 0.865. The number of hydrogen-bond acceptors (Lipinski definition) is 2. The standard InChI is InChI=1S/C50H33NO/c1-3-13-34(14-4-1)39-20-9-21-41(33-39)51(46-26-12-25-45-49-44-22-8-7-17-36(44)29-32-47(49)52-50(45)46)40-30-27-37(28-31-40)43-24-11-19-38-18-10-23-42(48(38)43)35-15-5-2-6-16-35/h1-33H. The number of furan rings is 1. The molecule has 10 aromatic rings. The fourth-order valence-electron chi connectivity index (χ4n) is 7.84. The van der Waals surface area contributed by atoms with Gasteiger partial charge in [0.25, 0.3) is 0 Å². The summed E-state index contributed by atoms with van der Waals surface area (Å²) in [6, 6.07) is 71.5. The summed E-state index contributed by atoms with van der Waals surface area (Å²) >= 11 is 0. The Balaban J connectivity index is 1.17. The van der Waals surface area contributed by atoms with Crippen molar-refractivity contribution in [3.8, 4) is 33.4 Å². The minimum Gasteiger partial charge on any atom is -0.454 e. The monoisotopic (exact) mass is 663 g/mol. The Bertz CT molecular complexity index is 2880. The van der Waals surface area contributed by atoms with Gasteiger partial charge in [-0.15, -0.1) is 0 Å². The number of benzene rings is 9. The van der Waals surface area contributed by atoms with Crippen molar-refractivity contribution >= 4 is 60.5 Å². The molecule has 0 N–H and O–H groups in total. The molecule has 0 spiro atoms. The van der Waals surface area contributed by atoms with Gasteiger partial charge in [-0.05, 0) is 91.3 Å². The van der Waals surface area contributed by atoms with Crippen LogP contribution in [0.5, 0.6) is 0 Å². The molecule has 0 radical (unpaired) electrons. The highest BCUT2D eigenvalue weighted by molar-refractivity contribution is 6.21. The van der Waals surface area contributed by atoms with Crippen LogP contribution in [0.1, 0.15) is 0 Å². The van der Waals surface area contributed by atoms with Crippen LogP contribution >= 0.6 is 0 Å². The molecule has 2 heteroatoms. The molecule has 0 aliphatic heterocycles. The second-order valence-corrected chi connectivity index (χ2v) is 13.3. The quantitative estimate of drug-likeness (QED) is 0.176. The molecule has 0 bridgehead atoms. The van der Waals surface area contributed by atoms with E-state index >= 15 is 0 Å². The van der Waals surface area contributed by atoms with Crippen LogP contribution in [0.4, 0.5) is 17.1 Å². The molecular formula is C50H33NO. The average Bonchev–Trinajstić information content (AvgIpc) is 3.62. The maximum absolute atomic E-state index is 6.79. The van der Waals surface area contributed by atoms with Crippen LogP contribution in [-0.2, 0) is 0 Å². The highest BCUT2D eigenvalue weighted by Crippen LogP contribution is 2.45. The van der Waals surface area contributed by atoms with Crippen LogP contribution in [0.2, 0.25) is 0 Å². The summed E-state index contributed by atoms with van der Waals surface area (Å²) in [4.78, 5) is 2.33. The molecule has 0 atom stereocenters. The highest BCUT2D eigenvalue weighted by atomic mass is 16.3. The number of hydrogen-bond donors (Lipinski definition) is 0. The summed E-state index contributed by atoms with van der Waals surface area (Å²) in [6.07, 6.45) is 0. The average molecular weight is 664 g/mol. The molecule has 0 unspecified atom stereocenters. The van der Waals surface area contributed by atoms with Gasteiger partial charge in [0, 0.05) is 22.1 Å². The molecule has 10 rings (SSSR count). The van der Waals surface area contributed by atoms with Gasteiger partial charge in [-0.3, -0.25) is 0 Å². The first-order valence-corrected chi connectivity index (χ1v) is 17.8. The van der Waals surface area contributed by atoms with Gasteiger partial charge in [0.2, 0.25) is 0 Å². The molecule has 244 valence electrons. The number of anilines is 3. The summed E-state index contributed by atoms with van der Waals surface area (Å²) in [5.41, 5.74) is 12.0. The third-order valence-electron chi connectivity index (χ3n) is 10.2. The Labute approximate surface area is 302 Å². The predicted molar refractivity (Wildman–Crippen MR) is 220 cm³/mol. The maximum Gasteiger partial charge on any atom is 0.159 e. The van der Waals surface area contributed by atoms with Crippen LogP contribution in [0, 0.1) is 0 Å². The number of rotatable bonds is 6. The first kappa shape index (κ1) is 30.0. The summed E-state index contributed by atoms with van der Waals surface area (Å²) in [5.74, 6) is 0. The number of fused-ring (bicyclic) bond motifs is 6. The Morgan fingerprint density at radius 3 is 1.71 bits per heavy atom. The van der Waals surface area contributed by atoms with E-state index in [2.05, 4.69) is 205 Å². The molecule has 0 aliphatic rings. The van der Waals surface area contributed by atoms with Crippen molar-refractivity contribution in [1.29, 1.82) is 0 Å². The van der Waals surface area contributed by atoms with Gasteiger partial charge in [-0.25, -0.2) is 0 Å². The Hall–Kier alpha value is -6.90. The molecule has 0 saturated heterocycles. The molecule has 1 aromatic heterocycles. The molecule has 2 nitrogen and oxygen atoms in total. The predicted octanol–water partition coefficient (Wildman–Crippen LogP) is 14.4. The van der Waals surface area contributed by atoms with E-state index in [0.717, 1.165) is 44.6 Å². The third kappa shape index (κ3) is 5.04. The van der Waals surface area contributed by atoms with Crippen molar-refractivity contribution in [2.45, 2.75) is 0 Å². The highest BCUT2D eigenvalue weighted by Gasteiger charge is 2.21. The molecule has 0 fully saturated rings. The van der Waals surface area contributed by atoms with E-state index < -0.39 is 0 Å². The zero-order valence-corrected chi connectivity index (χ0v) is 28.4. The van der Waals surface area contributed by atoms with Crippen LogP contribution in [0.25, 0.3) is 76.9 Å². The summed E-state index contributed by atoms with van der Waals surface area (Å²) < 4.78 is 6.79. The topological polar surface area (TPSA) is 16.4 Å². The van der Waals surface area contributed by atoms with Crippen LogP contribution in [0.15, 0.2) is 205 Å². The third-order valence-corrected chi connectivity index (χ3v) is 10.2. The smallest absolute Gasteiger partial charge is 0.159 e. The lowest BCUT2D eigenvalue weighted by Gasteiger charge is -2.26. The zero-order chi connectivity index (χ0) is 34.4. The normalized spacial score (nSPS) is 11.5. The molecule has 9 aromatic carbocycles. The van der Waals surface area contributed by atoms with E-state index in [4.69, 9.17) is 4.42 Å². The summed E-state index contributed by atoms with van der Waals surface area (Å²) in [7, 11) is 0. The fourth-order valence-corrected chi connectivity index (χ4v) is 7.84. The van der Waals surface area contributed by atoms with Gasteiger partial charge >= 0.3 is 0 Å². The molecule has 0 aliphatic carbocycles. The molecule has 52 heavy (non-hydrogen) atoms. The van der Waals surface area contributed by atoms with Gasteiger partial charge in [0.05, 0.1) is 5.69 Å². The lowest BCUT2D eigenvalue weighted by atomic mass is 9.91. The summed E-state index contributed by atoms with van der Waals surface area (Å²) in [6.45, 7) is 0. The molecule has 1 heterocycles. The van der Waals surface area contributed by atoms with Gasteiger partial charge < -0.3 is 9.32 Å². The van der Waals surface area contributed by atoms with Gasteiger partial charge in [-0.1, -0.05) is 164 Å². The minimum atomic E-state index is 0.865. The van der Waals surface area contributed by atoms with E-state index in [1.165, 1.54) is 49.4 Å². The number of para-hydroxylation sites is 1.